The number of hydrogen-bond donors (Lipinski definition) is 2. The zero-order chi connectivity index (χ0) is 8.69. The van der Waals surface area contributed by atoms with Crippen LogP contribution in [0.3, 0.4) is 0 Å². The molecule has 0 rings (SSSR count). The van der Waals surface area contributed by atoms with Crippen molar-refractivity contribution in [1.29, 1.82) is 0 Å². The quantitative estimate of drug-likeness (QED) is 0.591. The lowest BCUT2D eigenvalue weighted by Crippen LogP contribution is -2.05. The maximum Gasteiger partial charge on any atom is 0.304 e. The van der Waals surface area contributed by atoms with Gasteiger partial charge in [-0.15, -0.1) is 0 Å². The summed E-state index contributed by atoms with van der Waals surface area (Å²) in [4.78, 5) is 10.1. The van der Waals surface area contributed by atoms with Crippen molar-refractivity contribution < 1.29 is 15.0 Å². The maximum atomic E-state index is 10.1. The Bertz CT molecular complexity index is 116. The first-order chi connectivity index (χ1) is 5.16. The van der Waals surface area contributed by atoms with E-state index in [0.29, 0.717) is 5.75 Å². The van der Waals surface area contributed by atoms with Crippen molar-refractivity contribution in [2.24, 2.45) is 5.92 Å². The number of aliphatic hydroxyl groups is 1. The average molecular weight is 178 g/mol. The Morgan fingerprint density at radius 2 is 2.27 bits per heavy atom. The van der Waals surface area contributed by atoms with Crippen LogP contribution in [0, 0.1) is 5.92 Å². The minimum Gasteiger partial charge on any atom is -0.481 e. The Morgan fingerprint density at radius 1 is 1.64 bits per heavy atom. The van der Waals surface area contributed by atoms with E-state index in [1.807, 2.05) is 6.92 Å². The number of carbonyl (C=O) groups is 1. The molecule has 66 valence electrons. The van der Waals surface area contributed by atoms with Gasteiger partial charge in [-0.05, 0) is 11.7 Å². The first-order valence-electron chi connectivity index (χ1n) is 3.57. The zero-order valence-electron chi connectivity index (χ0n) is 6.62. The molecule has 0 aliphatic heterocycles. The molecule has 0 heterocycles. The Morgan fingerprint density at radius 3 is 2.73 bits per heavy atom. The van der Waals surface area contributed by atoms with E-state index in [0.717, 1.165) is 5.75 Å². The van der Waals surface area contributed by atoms with Crippen molar-refractivity contribution in [1.82, 2.24) is 0 Å². The van der Waals surface area contributed by atoms with E-state index in [9.17, 15) is 4.79 Å². The van der Waals surface area contributed by atoms with Crippen molar-refractivity contribution in [3.63, 3.8) is 0 Å². The summed E-state index contributed by atoms with van der Waals surface area (Å²) < 4.78 is 0. The zero-order valence-corrected chi connectivity index (χ0v) is 7.43. The van der Waals surface area contributed by atoms with Gasteiger partial charge in [-0.3, -0.25) is 4.79 Å². The summed E-state index contributed by atoms with van der Waals surface area (Å²) in [6.45, 7) is 2.12. The van der Waals surface area contributed by atoms with Gasteiger partial charge in [0.2, 0.25) is 0 Å². The molecular weight excluding hydrogens is 164 g/mol. The number of thioether (sulfide) groups is 1. The molecule has 0 saturated heterocycles. The van der Waals surface area contributed by atoms with Crippen molar-refractivity contribution in [3.05, 3.63) is 0 Å². The standard InChI is InChI=1S/C7H14O3S/c1-6(4-8)5-11-3-2-7(9)10/h6,8H,2-5H2,1H3,(H,9,10). The van der Waals surface area contributed by atoms with Gasteiger partial charge in [0, 0.05) is 12.4 Å². The summed E-state index contributed by atoms with van der Waals surface area (Å²) in [5.41, 5.74) is 0. The Labute approximate surface area is 70.8 Å². The van der Waals surface area contributed by atoms with Crippen molar-refractivity contribution in [2.45, 2.75) is 13.3 Å². The number of carboxylic acid groups (broad SMARTS) is 1. The van der Waals surface area contributed by atoms with Crippen molar-refractivity contribution in [2.75, 3.05) is 18.1 Å². The summed E-state index contributed by atoms with van der Waals surface area (Å²) in [6.07, 6.45) is 0.211. The summed E-state index contributed by atoms with van der Waals surface area (Å²) >= 11 is 1.57. The molecule has 0 amide bonds. The molecule has 1 unspecified atom stereocenters. The predicted octanol–water partition coefficient (Wildman–Crippen LogP) is 0.823. The first kappa shape index (κ1) is 10.8. The van der Waals surface area contributed by atoms with Gasteiger partial charge in [0.1, 0.15) is 0 Å². The lowest BCUT2D eigenvalue weighted by molar-refractivity contribution is -0.136. The molecule has 3 nitrogen and oxygen atoms in total. The molecule has 0 radical (unpaired) electrons. The van der Waals surface area contributed by atoms with Crippen LogP contribution in [0.4, 0.5) is 0 Å². The Balaban J connectivity index is 3.08. The van der Waals surface area contributed by atoms with Gasteiger partial charge in [-0.25, -0.2) is 0 Å². The molecule has 0 aliphatic rings. The smallest absolute Gasteiger partial charge is 0.304 e. The number of hydrogen-bond acceptors (Lipinski definition) is 3. The van der Waals surface area contributed by atoms with Crippen LogP contribution in [0.1, 0.15) is 13.3 Å². The molecule has 0 fully saturated rings. The third kappa shape index (κ3) is 7.68. The summed E-state index contributed by atoms with van der Waals surface area (Å²) in [6, 6.07) is 0. The fraction of sp³-hybridized carbons (Fsp3) is 0.857. The van der Waals surface area contributed by atoms with Crippen LogP contribution in [-0.2, 0) is 4.79 Å². The van der Waals surface area contributed by atoms with Gasteiger partial charge in [-0.2, -0.15) is 11.8 Å². The normalized spacial score (nSPS) is 12.9. The number of aliphatic hydroxyl groups excluding tert-OH is 1. The molecule has 11 heavy (non-hydrogen) atoms. The van der Waals surface area contributed by atoms with Crippen LogP contribution >= 0.6 is 11.8 Å². The lowest BCUT2D eigenvalue weighted by Gasteiger charge is -2.05. The van der Waals surface area contributed by atoms with E-state index in [-0.39, 0.29) is 18.9 Å². The second-order valence-electron chi connectivity index (χ2n) is 2.51. The minimum absolute atomic E-state index is 0.181. The minimum atomic E-state index is -0.755. The van der Waals surface area contributed by atoms with Gasteiger partial charge in [-0.1, -0.05) is 6.92 Å². The highest BCUT2D eigenvalue weighted by Gasteiger charge is 2.01. The van der Waals surface area contributed by atoms with Gasteiger partial charge in [0.05, 0.1) is 6.42 Å². The van der Waals surface area contributed by atoms with E-state index in [1.54, 1.807) is 11.8 Å². The second-order valence-corrected chi connectivity index (χ2v) is 3.66. The average Bonchev–Trinajstić information content (AvgIpc) is 1.97. The van der Waals surface area contributed by atoms with Gasteiger partial charge in [0.15, 0.2) is 0 Å². The largest absolute Gasteiger partial charge is 0.481 e. The van der Waals surface area contributed by atoms with Crippen LogP contribution in [-0.4, -0.2) is 34.3 Å². The summed E-state index contributed by atoms with van der Waals surface area (Å²) in [5.74, 6) is 0.992. The van der Waals surface area contributed by atoms with Crippen LogP contribution in [0.5, 0.6) is 0 Å². The molecule has 0 aliphatic carbocycles. The van der Waals surface area contributed by atoms with Crippen molar-refractivity contribution >= 4 is 17.7 Å². The lowest BCUT2D eigenvalue weighted by atomic mass is 10.2. The highest BCUT2D eigenvalue weighted by atomic mass is 32.2. The predicted molar refractivity (Wildman–Crippen MR) is 45.8 cm³/mol. The molecule has 0 aromatic carbocycles. The molecular formula is C7H14O3S. The van der Waals surface area contributed by atoms with Crippen molar-refractivity contribution in [3.8, 4) is 0 Å². The fourth-order valence-corrected chi connectivity index (χ4v) is 1.49. The third-order valence-electron chi connectivity index (χ3n) is 1.17. The summed E-state index contributed by atoms with van der Waals surface area (Å²) in [7, 11) is 0. The Kier molecular flexibility index (Phi) is 6.36. The fourth-order valence-electron chi connectivity index (χ4n) is 0.497. The van der Waals surface area contributed by atoms with E-state index < -0.39 is 5.97 Å². The number of aliphatic carboxylic acids is 1. The van der Waals surface area contributed by atoms with E-state index in [1.165, 1.54) is 0 Å². The molecule has 0 spiro atoms. The SMILES string of the molecule is CC(CO)CSCCC(=O)O. The third-order valence-corrected chi connectivity index (χ3v) is 2.47. The van der Waals surface area contributed by atoms with E-state index in [2.05, 4.69) is 0 Å². The highest BCUT2D eigenvalue weighted by molar-refractivity contribution is 7.99. The van der Waals surface area contributed by atoms with Gasteiger partial charge >= 0.3 is 5.97 Å². The van der Waals surface area contributed by atoms with Crippen LogP contribution < -0.4 is 0 Å². The molecule has 0 saturated carbocycles. The maximum absolute atomic E-state index is 10.1. The molecule has 2 N–H and O–H groups in total. The van der Waals surface area contributed by atoms with Crippen LogP contribution in [0.2, 0.25) is 0 Å². The molecule has 0 aromatic heterocycles. The van der Waals surface area contributed by atoms with Crippen LogP contribution in [0.15, 0.2) is 0 Å². The number of carboxylic acids is 1. The molecule has 4 heteroatoms. The molecule has 0 aromatic rings. The molecule has 0 bridgehead atoms. The highest BCUT2D eigenvalue weighted by Crippen LogP contribution is 2.08. The molecule has 1 atom stereocenters. The summed E-state index contributed by atoms with van der Waals surface area (Å²) in [5, 5.41) is 16.9. The first-order valence-corrected chi connectivity index (χ1v) is 4.72. The van der Waals surface area contributed by atoms with Gasteiger partial charge in [0.25, 0.3) is 0 Å². The van der Waals surface area contributed by atoms with Gasteiger partial charge < -0.3 is 10.2 Å². The second kappa shape index (κ2) is 6.49. The monoisotopic (exact) mass is 178 g/mol. The van der Waals surface area contributed by atoms with E-state index >= 15 is 0 Å². The number of rotatable bonds is 6. The topological polar surface area (TPSA) is 57.5 Å². The van der Waals surface area contributed by atoms with Crippen LogP contribution in [0.25, 0.3) is 0 Å². The van der Waals surface area contributed by atoms with E-state index in [4.69, 9.17) is 10.2 Å². The Hall–Kier alpha value is -0.220.